The van der Waals surface area contributed by atoms with Crippen LogP contribution in [-0.2, 0) is 19.2 Å². The van der Waals surface area contributed by atoms with Gasteiger partial charge >= 0.3 is 11.9 Å². The number of nitrogens with zero attached hydrogens (tertiary/aromatic N) is 2. The Kier molecular flexibility index (Phi) is 12.9. The predicted molar refractivity (Wildman–Crippen MR) is 153 cm³/mol. The van der Waals surface area contributed by atoms with Crippen molar-refractivity contribution in [3.63, 3.8) is 0 Å². The number of amidine groups is 1. The monoisotopic (exact) mass is 568 g/mol. The van der Waals surface area contributed by atoms with Crippen LogP contribution in [0.4, 0.5) is 0 Å². The van der Waals surface area contributed by atoms with Gasteiger partial charge in [-0.15, -0.1) is 0 Å². The molecule has 0 spiro atoms. The number of hydrogen-bond acceptors (Lipinski definition) is 9. The standard InChI is InChI=1S/C30H40N4O7/c1-38-27(35)13-14-28(36)41-33-29(31)23-5-9-25(10-6-23)39-20-2-4-22-15-18-34(19-16-22)17-3-21-40-26-11-7-24(8-12-26)30(32)37/h5-12,22H,2-4,13-21H2,1H3,(H2,31,33)(H2,32,37). The second kappa shape index (κ2) is 16.9. The molecule has 1 fully saturated rings. The van der Waals surface area contributed by atoms with E-state index >= 15 is 0 Å². The lowest BCUT2D eigenvalue weighted by Crippen LogP contribution is -2.35. The van der Waals surface area contributed by atoms with Gasteiger partial charge in [-0.3, -0.25) is 9.59 Å². The van der Waals surface area contributed by atoms with Crippen LogP contribution in [0, 0.1) is 5.92 Å². The molecule has 2 aromatic carbocycles. The summed E-state index contributed by atoms with van der Waals surface area (Å²) in [5, 5.41) is 3.63. The molecule has 1 saturated heterocycles. The van der Waals surface area contributed by atoms with Gasteiger partial charge in [0.1, 0.15) is 11.5 Å². The minimum Gasteiger partial charge on any atom is -0.494 e. The molecule has 0 radical (unpaired) electrons. The van der Waals surface area contributed by atoms with Crippen molar-refractivity contribution < 1.29 is 33.4 Å². The fourth-order valence-corrected chi connectivity index (χ4v) is 4.48. The van der Waals surface area contributed by atoms with E-state index in [2.05, 4.69) is 14.8 Å². The molecule has 3 rings (SSSR count). The largest absolute Gasteiger partial charge is 0.494 e. The topological polar surface area (TPSA) is 156 Å². The highest BCUT2D eigenvalue weighted by molar-refractivity contribution is 5.97. The van der Waals surface area contributed by atoms with Gasteiger partial charge < -0.3 is 35.4 Å². The molecule has 0 saturated carbocycles. The van der Waals surface area contributed by atoms with Crippen molar-refractivity contribution in [2.24, 2.45) is 22.5 Å². The van der Waals surface area contributed by atoms with Gasteiger partial charge in [-0.25, -0.2) is 4.79 Å². The summed E-state index contributed by atoms with van der Waals surface area (Å²) in [6.45, 7) is 4.49. The minimum atomic E-state index is -0.666. The number of oxime groups is 1. The van der Waals surface area contributed by atoms with Gasteiger partial charge in [-0.05, 0) is 99.6 Å². The molecule has 1 amide bonds. The lowest BCUT2D eigenvalue weighted by molar-refractivity contribution is -0.148. The van der Waals surface area contributed by atoms with E-state index in [-0.39, 0.29) is 18.7 Å². The third-order valence-corrected chi connectivity index (χ3v) is 6.92. The Balaban J connectivity index is 1.24. The van der Waals surface area contributed by atoms with Crippen molar-refractivity contribution in [3.05, 3.63) is 59.7 Å². The summed E-state index contributed by atoms with van der Waals surface area (Å²) >= 11 is 0. The van der Waals surface area contributed by atoms with E-state index in [1.807, 2.05) is 0 Å². The average Bonchev–Trinajstić information content (AvgIpc) is 3.00. The normalized spacial score (nSPS) is 14.3. The van der Waals surface area contributed by atoms with Crippen LogP contribution < -0.4 is 20.9 Å². The molecular formula is C30H40N4O7. The van der Waals surface area contributed by atoms with Crippen molar-refractivity contribution >= 4 is 23.7 Å². The maximum atomic E-state index is 11.6. The number of nitrogens with two attached hydrogens (primary N) is 2. The summed E-state index contributed by atoms with van der Waals surface area (Å²) in [5.41, 5.74) is 12.2. The zero-order chi connectivity index (χ0) is 29.5. The highest BCUT2D eigenvalue weighted by atomic mass is 16.7. The fraction of sp³-hybridized carbons (Fsp3) is 0.467. The van der Waals surface area contributed by atoms with Gasteiger partial charge in [-0.1, -0.05) is 5.16 Å². The molecule has 0 aliphatic carbocycles. The molecule has 0 unspecified atom stereocenters. The number of benzene rings is 2. The van der Waals surface area contributed by atoms with Crippen LogP contribution >= 0.6 is 0 Å². The van der Waals surface area contributed by atoms with E-state index in [0.717, 1.165) is 50.4 Å². The first-order valence-corrected chi connectivity index (χ1v) is 13.9. The number of carbonyl (C=O) groups excluding carboxylic acids is 3. The summed E-state index contributed by atoms with van der Waals surface area (Å²) in [7, 11) is 1.25. The molecule has 1 heterocycles. The van der Waals surface area contributed by atoms with E-state index in [1.165, 1.54) is 20.0 Å². The van der Waals surface area contributed by atoms with Crippen LogP contribution in [0.2, 0.25) is 0 Å². The third-order valence-electron chi connectivity index (χ3n) is 6.92. The number of ether oxygens (including phenoxy) is 3. The molecule has 222 valence electrons. The Hall–Kier alpha value is -4.12. The van der Waals surface area contributed by atoms with Crippen molar-refractivity contribution in [1.82, 2.24) is 4.90 Å². The number of likely N-dealkylation sites (tertiary alicyclic amines) is 1. The van der Waals surface area contributed by atoms with Crippen LogP contribution in [0.3, 0.4) is 0 Å². The van der Waals surface area contributed by atoms with Crippen molar-refractivity contribution in [2.75, 3.05) is 40.0 Å². The molecule has 2 aromatic rings. The zero-order valence-electron chi connectivity index (χ0n) is 23.6. The molecule has 0 aromatic heterocycles. The molecule has 11 heteroatoms. The second-order valence-corrected chi connectivity index (χ2v) is 9.91. The van der Waals surface area contributed by atoms with E-state index in [0.29, 0.717) is 30.3 Å². The Bertz CT molecular complexity index is 1140. The van der Waals surface area contributed by atoms with E-state index in [1.54, 1.807) is 48.5 Å². The van der Waals surface area contributed by atoms with Crippen LogP contribution in [-0.4, -0.2) is 68.5 Å². The summed E-state index contributed by atoms with van der Waals surface area (Å²) < 4.78 is 16.1. The lowest BCUT2D eigenvalue weighted by atomic mass is 9.92. The summed E-state index contributed by atoms with van der Waals surface area (Å²) in [4.78, 5) is 41.1. The average molecular weight is 569 g/mol. The van der Waals surface area contributed by atoms with Crippen LogP contribution in [0.5, 0.6) is 11.5 Å². The van der Waals surface area contributed by atoms with E-state index < -0.39 is 17.8 Å². The van der Waals surface area contributed by atoms with Gasteiger partial charge in [0.25, 0.3) is 0 Å². The number of methoxy groups -OCH3 is 1. The molecule has 1 aliphatic rings. The number of amides is 1. The fourth-order valence-electron chi connectivity index (χ4n) is 4.48. The molecule has 4 N–H and O–H groups in total. The summed E-state index contributed by atoms with van der Waals surface area (Å²) in [5.74, 6) is 0.644. The molecular weight excluding hydrogens is 528 g/mol. The number of carbonyl (C=O) groups is 3. The maximum absolute atomic E-state index is 11.6. The van der Waals surface area contributed by atoms with E-state index in [9.17, 15) is 14.4 Å². The lowest BCUT2D eigenvalue weighted by Gasteiger charge is -2.32. The quantitative estimate of drug-likeness (QED) is 0.0775. The van der Waals surface area contributed by atoms with E-state index in [4.69, 9.17) is 25.8 Å². The molecule has 0 bridgehead atoms. The van der Waals surface area contributed by atoms with Gasteiger partial charge in [-0.2, -0.15) is 0 Å². The van der Waals surface area contributed by atoms with Crippen molar-refractivity contribution in [2.45, 2.75) is 44.9 Å². The third kappa shape index (κ3) is 11.5. The van der Waals surface area contributed by atoms with Crippen LogP contribution in [0.15, 0.2) is 53.7 Å². The Labute approximate surface area is 240 Å². The Morgan fingerprint density at radius 3 is 1.98 bits per heavy atom. The number of piperidine rings is 1. The highest BCUT2D eigenvalue weighted by Crippen LogP contribution is 2.22. The van der Waals surface area contributed by atoms with Gasteiger partial charge in [0, 0.05) is 17.7 Å². The first kappa shape index (κ1) is 31.4. The predicted octanol–water partition coefficient (Wildman–Crippen LogP) is 3.24. The minimum absolute atomic E-state index is 0.0539. The van der Waals surface area contributed by atoms with Crippen LogP contribution in [0.25, 0.3) is 0 Å². The number of primary amides is 1. The van der Waals surface area contributed by atoms with Crippen molar-refractivity contribution in [1.29, 1.82) is 0 Å². The first-order chi connectivity index (χ1) is 19.8. The van der Waals surface area contributed by atoms with Gasteiger partial charge in [0.15, 0.2) is 5.84 Å². The number of esters is 1. The molecule has 41 heavy (non-hydrogen) atoms. The van der Waals surface area contributed by atoms with Gasteiger partial charge in [0.2, 0.25) is 5.91 Å². The summed E-state index contributed by atoms with van der Waals surface area (Å²) in [6, 6.07) is 14.0. The molecule has 11 nitrogen and oxygen atoms in total. The maximum Gasteiger partial charge on any atom is 0.335 e. The Morgan fingerprint density at radius 2 is 1.39 bits per heavy atom. The second-order valence-electron chi connectivity index (χ2n) is 9.91. The van der Waals surface area contributed by atoms with Crippen molar-refractivity contribution in [3.8, 4) is 11.5 Å². The zero-order valence-corrected chi connectivity index (χ0v) is 23.6. The Morgan fingerprint density at radius 1 is 0.829 bits per heavy atom. The first-order valence-electron chi connectivity index (χ1n) is 13.9. The highest BCUT2D eigenvalue weighted by Gasteiger charge is 2.18. The smallest absolute Gasteiger partial charge is 0.335 e. The molecule has 0 atom stereocenters. The molecule has 1 aliphatic heterocycles. The van der Waals surface area contributed by atoms with Gasteiger partial charge in [0.05, 0.1) is 33.2 Å². The number of rotatable bonds is 16. The summed E-state index contributed by atoms with van der Waals surface area (Å²) in [6.07, 6.45) is 5.24. The SMILES string of the molecule is COC(=O)CCC(=O)ON=C(N)c1ccc(OCCCC2CCN(CCCOc3ccc(C(N)=O)cc3)CC2)cc1. The van der Waals surface area contributed by atoms with Crippen LogP contribution in [0.1, 0.15) is 60.9 Å². The number of hydrogen-bond donors (Lipinski definition) is 2.